The summed E-state index contributed by atoms with van der Waals surface area (Å²) >= 11 is 1.76. The SMILES string of the molecule is CCCNCC(CCC)N1CCSCC1S(C)(=O)=O. The first kappa shape index (κ1) is 17.3. The number of nitrogens with zero attached hydrogens (tertiary/aromatic N) is 1. The van der Waals surface area contributed by atoms with E-state index in [4.69, 9.17) is 0 Å². The van der Waals surface area contributed by atoms with Crippen LogP contribution in [-0.2, 0) is 9.84 Å². The van der Waals surface area contributed by atoms with Crippen molar-refractivity contribution in [2.24, 2.45) is 0 Å². The lowest BCUT2D eigenvalue weighted by Gasteiger charge is -2.40. The van der Waals surface area contributed by atoms with Gasteiger partial charge in [0.05, 0.1) is 0 Å². The number of sulfone groups is 1. The van der Waals surface area contributed by atoms with Gasteiger partial charge in [0.2, 0.25) is 0 Å². The van der Waals surface area contributed by atoms with Crippen molar-refractivity contribution in [3.05, 3.63) is 0 Å². The third-order valence-electron chi connectivity index (χ3n) is 3.52. The molecule has 1 fully saturated rings. The topological polar surface area (TPSA) is 49.4 Å². The second kappa shape index (κ2) is 8.49. The molecule has 1 aliphatic heterocycles. The van der Waals surface area contributed by atoms with Gasteiger partial charge in [-0.1, -0.05) is 20.3 Å². The summed E-state index contributed by atoms with van der Waals surface area (Å²) in [4.78, 5) is 2.22. The van der Waals surface area contributed by atoms with Crippen LogP contribution in [0.1, 0.15) is 33.1 Å². The summed E-state index contributed by atoms with van der Waals surface area (Å²) in [6, 6.07) is 0.345. The van der Waals surface area contributed by atoms with Crippen molar-refractivity contribution in [1.82, 2.24) is 10.2 Å². The molecule has 0 aromatic rings. The Morgan fingerprint density at radius 2 is 2.11 bits per heavy atom. The van der Waals surface area contributed by atoms with E-state index in [0.717, 1.165) is 44.6 Å². The molecule has 4 nitrogen and oxygen atoms in total. The van der Waals surface area contributed by atoms with Crippen LogP contribution in [0.3, 0.4) is 0 Å². The third-order valence-corrected chi connectivity index (χ3v) is 6.18. The van der Waals surface area contributed by atoms with Gasteiger partial charge in [0.15, 0.2) is 9.84 Å². The number of thioether (sulfide) groups is 1. The first-order valence-electron chi connectivity index (χ1n) is 7.23. The molecular weight excluding hydrogens is 280 g/mol. The third kappa shape index (κ3) is 5.61. The van der Waals surface area contributed by atoms with E-state index in [9.17, 15) is 8.42 Å². The zero-order valence-electron chi connectivity index (χ0n) is 12.4. The zero-order valence-corrected chi connectivity index (χ0v) is 14.0. The zero-order chi connectivity index (χ0) is 14.3. The maximum Gasteiger partial charge on any atom is 0.164 e. The van der Waals surface area contributed by atoms with Crippen molar-refractivity contribution >= 4 is 21.6 Å². The minimum atomic E-state index is -2.99. The number of hydrogen-bond acceptors (Lipinski definition) is 5. The molecule has 1 saturated heterocycles. The normalized spacial score (nSPS) is 23.4. The van der Waals surface area contributed by atoms with Crippen LogP contribution in [-0.4, -0.2) is 62.1 Å². The Labute approximate surface area is 122 Å². The second-order valence-electron chi connectivity index (χ2n) is 5.24. The molecule has 0 spiro atoms. The van der Waals surface area contributed by atoms with Crippen LogP contribution in [0, 0.1) is 0 Å². The molecule has 0 bridgehead atoms. The Morgan fingerprint density at radius 3 is 2.68 bits per heavy atom. The van der Waals surface area contributed by atoms with E-state index in [1.165, 1.54) is 6.26 Å². The highest BCUT2D eigenvalue weighted by Crippen LogP contribution is 2.24. The van der Waals surface area contributed by atoms with Crippen LogP contribution < -0.4 is 5.32 Å². The highest BCUT2D eigenvalue weighted by molar-refractivity contribution is 8.00. The summed E-state index contributed by atoms with van der Waals surface area (Å²) < 4.78 is 23.9. The molecule has 1 aliphatic rings. The van der Waals surface area contributed by atoms with E-state index < -0.39 is 9.84 Å². The maximum absolute atomic E-state index is 12.0. The molecule has 6 heteroatoms. The van der Waals surface area contributed by atoms with Crippen LogP contribution >= 0.6 is 11.8 Å². The predicted octanol–water partition coefficient (Wildman–Crippen LogP) is 1.57. The number of rotatable bonds is 8. The minimum absolute atomic E-state index is 0.300. The van der Waals surface area contributed by atoms with Crippen LogP contribution in [0.25, 0.3) is 0 Å². The molecule has 0 amide bonds. The molecule has 2 unspecified atom stereocenters. The van der Waals surface area contributed by atoms with Gasteiger partial charge in [0, 0.05) is 36.9 Å². The first-order valence-corrected chi connectivity index (χ1v) is 10.3. The van der Waals surface area contributed by atoms with Crippen LogP contribution in [0.2, 0.25) is 0 Å². The lowest BCUT2D eigenvalue weighted by atomic mass is 10.1. The van der Waals surface area contributed by atoms with Gasteiger partial charge in [-0.25, -0.2) is 8.42 Å². The molecule has 114 valence electrons. The largest absolute Gasteiger partial charge is 0.315 e. The molecule has 0 radical (unpaired) electrons. The monoisotopic (exact) mass is 308 g/mol. The summed E-state index contributed by atoms with van der Waals surface area (Å²) in [5.41, 5.74) is 0. The molecule has 19 heavy (non-hydrogen) atoms. The van der Waals surface area contributed by atoms with Crippen molar-refractivity contribution in [2.75, 3.05) is 37.4 Å². The maximum atomic E-state index is 12.0. The Bertz CT molecular complexity index is 347. The van der Waals surface area contributed by atoms with Gasteiger partial charge in [-0.2, -0.15) is 11.8 Å². The Balaban J connectivity index is 2.72. The Kier molecular flexibility index (Phi) is 7.72. The summed E-state index contributed by atoms with van der Waals surface area (Å²) in [7, 11) is -2.99. The summed E-state index contributed by atoms with van der Waals surface area (Å²) in [5.74, 6) is 1.76. The van der Waals surface area contributed by atoms with Gasteiger partial charge in [-0.15, -0.1) is 0 Å². The quantitative estimate of drug-likeness (QED) is 0.690. The van der Waals surface area contributed by atoms with E-state index in [1.807, 2.05) is 0 Å². The van der Waals surface area contributed by atoms with Crippen molar-refractivity contribution in [3.63, 3.8) is 0 Å². The van der Waals surface area contributed by atoms with Gasteiger partial charge in [-0.05, 0) is 19.4 Å². The van der Waals surface area contributed by atoms with E-state index in [0.29, 0.717) is 11.8 Å². The minimum Gasteiger partial charge on any atom is -0.315 e. The van der Waals surface area contributed by atoms with E-state index in [-0.39, 0.29) is 5.37 Å². The van der Waals surface area contributed by atoms with E-state index >= 15 is 0 Å². The average molecular weight is 309 g/mol. The lowest BCUT2D eigenvalue weighted by Crippen LogP contribution is -2.54. The second-order valence-corrected chi connectivity index (χ2v) is 8.60. The number of hydrogen-bond donors (Lipinski definition) is 1. The highest BCUT2D eigenvalue weighted by Gasteiger charge is 2.34. The first-order chi connectivity index (χ1) is 9.00. The molecule has 0 saturated carbocycles. The van der Waals surface area contributed by atoms with Gasteiger partial charge < -0.3 is 5.32 Å². The smallest absolute Gasteiger partial charge is 0.164 e. The molecule has 1 heterocycles. The van der Waals surface area contributed by atoms with Gasteiger partial charge in [0.1, 0.15) is 5.37 Å². The van der Waals surface area contributed by atoms with Gasteiger partial charge >= 0.3 is 0 Å². The summed E-state index contributed by atoms with van der Waals surface area (Å²) in [6.07, 6.45) is 4.65. The molecule has 0 aromatic carbocycles. The van der Waals surface area contributed by atoms with Gasteiger partial charge in [0.25, 0.3) is 0 Å². The summed E-state index contributed by atoms with van der Waals surface area (Å²) in [5, 5.41) is 3.15. The van der Waals surface area contributed by atoms with Crippen molar-refractivity contribution in [1.29, 1.82) is 0 Å². The fraction of sp³-hybridized carbons (Fsp3) is 1.00. The van der Waals surface area contributed by atoms with E-state index in [2.05, 4.69) is 24.1 Å². The van der Waals surface area contributed by atoms with Crippen molar-refractivity contribution < 1.29 is 8.42 Å². The van der Waals surface area contributed by atoms with Crippen LogP contribution in [0.4, 0.5) is 0 Å². The average Bonchev–Trinajstić information content (AvgIpc) is 2.37. The predicted molar refractivity (Wildman–Crippen MR) is 84.5 cm³/mol. The van der Waals surface area contributed by atoms with Crippen LogP contribution in [0.15, 0.2) is 0 Å². The van der Waals surface area contributed by atoms with Crippen molar-refractivity contribution in [3.8, 4) is 0 Å². The standard InChI is InChI=1S/C13H28N2O2S2/c1-4-6-12(10-14-7-5-2)15-8-9-18-11-13(15)19(3,16)17/h12-14H,4-11H2,1-3H3. The highest BCUT2D eigenvalue weighted by atomic mass is 32.2. The lowest BCUT2D eigenvalue weighted by molar-refractivity contribution is 0.177. The summed E-state index contributed by atoms with van der Waals surface area (Å²) in [6.45, 7) is 7.12. The molecule has 0 aromatic heterocycles. The fourth-order valence-corrected chi connectivity index (χ4v) is 5.49. The van der Waals surface area contributed by atoms with Gasteiger partial charge in [-0.3, -0.25) is 4.90 Å². The molecule has 0 aliphatic carbocycles. The molecule has 2 atom stereocenters. The molecule has 1 N–H and O–H groups in total. The molecule has 1 rings (SSSR count). The van der Waals surface area contributed by atoms with Crippen LogP contribution in [0.5, 0.6) is 0 Å². The van der Waals surface area contributed by atoms with Crippen molar-refractivity contribution in [2.45, 2.75) is 44.5 Å². The molecular formula is C13H28N2O2S2. The fourth-order valence-electron chi connectivity index (χ4n) is 2.54. The Hall–Kier alpha value is 0.220. The number of nitrogens with one attached hydrogen (secondary N) is 1. The van der Waals surface area contributed by atoms with E-state index in [1.54, 1.807) is 11.8 Å². The Morgan fingerprint density at radius 1 is 1.37 bits per heavy atom.